The van der Waals surface area contributed by atoms with E-state index < -0.39 is 0 Å². The molecule has 1 aliphatic carbocycles. The summed E-state index contributed by atoms with van der Waals surface area (Å²) in [6.45, 7) is 9.34. The second-order valence-corrected chi connectivity index (χ2v) is 11.0. The third-order valence-electron chi connectivity index (χ3n) is 6.48. The minimum atomic E-state index is -0.111. The molecule has 6 heteroatoms. The Hall–Kier alpha value is -2.23. The molecule has 0 fully saturated rings. The van der Waals surface area contributed by atoms with E-state index in [1.807, 2.05) is 12.1 Å². The van der Waals surface area contributed by atoms with Crippen LogP contribution in [0.4, 0.5) is 5.00 Å². The number of benzene rings is 1. The molecule has 1 unspecified atom stereocenters. The summed E-state index contributed by atoms with van der Waals surface area (Å²) < 4.78 is 6.60. The van der Waals surface area contributed by atoms with Crippen LogP contribution < -0.4 is 10.1 Å². The average molecular weight is 469 g/mol. The number of nitrogens with zero attached hydrogens (tertiary/aromatic N) is 1. The molecule has 2 aromatic rings. The average Bonchev–Trinajstić information content (AvgIpc) is 2.77. The van der Waals surface area contributed by atoms with E-state index in [-0.39, 0.29) is 11.3 Å². The molecular formula is C26H32N2O2S2. The van der Waals surface area contributed by atoms with E-state index in [0.29, 0.717) is 35.9 Å². The van der Waals surface area contributed by atoms with Crippen LogP contribution in [0.15, 0.2) is 24.3 Å². The summed E-state index contributed by atoms with van der Waals surface area (Å²) >= 11 is 6.92. The van der Waals surface area contributed by atoms with Gasteiger partial charge in [0.15, 0.2) is 0 Å². The Kier molecular flexibility index (Phi) is 8.08. The SMILES string of the molecule is CCC(C)(C)c1ccc(OCCCC(=O)Nc2sc(=S)c3c(c2C#N)CCC(C)C3)cc1. The van der Waals surface area contributed by atoms with E-state index in [2.05, 4.69) is 51.2 Å². The van der Waals surface area contributed by atoms with Crippen LogP contribution in [0, 0.1) is 21.1 Å². The Morgan fingerprint density at radius 2 is 2.03 bits per heavy atom. The quantitative estimate of drug-likeness (QED) is 0.336. The van der Waals surface area contributed by atoms with E-state index in [1.54, 1.807) is 0 Å². The number of rotatable bonds is 8. The first kappa shape index (κ1) is 24.4. The molecule has 4 nitrogen and oxygen atoms in total. The lowest BCUT2D eigenvalue weighted by Gasteiger charge is -2.23. The van der Waals surface area contributed by atoms with Gasteiger partial charge in [-0.1, -0.05) is 52.0 Å². The first-order chi connectivity index (χ1) is 15.2. The van der Waals surface area contributed by atoms with E-state index in [0.717, 1.165) is 46.4 Å². The number of nitriles is 1. The maximum atomic E-state index is 12.5. The second-order valence-electron chi connectivity index (χ2n) is 9.27. The molecule has 1 heterocycles. The number of anilines is 1. The zero-order valence-corrected chi connectivity index (χ0v) is 21.0. The highest BCUT2D eigenvalue weighted by Gasteiger charge is 2.23. The molecule has 1 N–H and O–H groups in total. The first-order valence-electron chi connectivity index (χ1n) is 11.4. The third-order valence-corrected chi connectivity index (χ3v) is 7.91. The molecule has 1 amide bonds. The standard InChI is InChI=1S/C26H32N2O2S2/c1-5-26(3,4)18-9-11-19(12-10-18)30-14-6-7-23(29)28-24-22(16-27)20-13-8-17(2)15-21(20)25(31)32-24/h9-12,17H,5-8,13-15H2,1-4H3,(H,28,29). The maximum Gasteiger partial charge on any atom is 0.225 e. The van der Waals surface area contributed by atoms with Gasteiger partial charge < -0.3 is 10.1 Å². The van der Waals surface area contributed by atoms with Crippen molar-refractivity contribution in [1.82, 2.24) is 0 Å². The van der Waals surface area contributed by atoms with Crippen LogP contribution in [0.25, 0.3) is 0 Å². The summed E-state index contributed by atoms with van der Waals surface area (Å²) in [6, 6.07) is 10.5. The molecule has 1 aromatic carbocycles. The van der Waals surface area contributed by atoms with Crippen LogP contribution in [0.5, 0.6) is 5.75 Å². The molecule has 1 atom stereocenters. The van der Waals surface area contributed by atoms with Crippen molar-refractivity contribution in [2.24, 2.45) is 5.92 Å². The second kappa shape index (κ2) is 10.6. The lowest BCUT2D eigenvalue weighted by molar-refractivity contribution is -0.116. The third kappa shape index (κ3) is 5.76. The van der Waals surface area contributed by atoms with Crippen LogP contribution >= 0.6 is 23.6 Å². The van der Waals surface area contributed by atoms with Crippen molar-refractivity contribution < 1.29 is 9.53 Å². The lowest BCUT2D eigenvalue weighted by atomic mass is 9.82. The molecule has 3 rings (SSSR count). The molecule has 0 saturated carbocycles. The largest absolute Gasteiger partial charge is 0.494 e. The summed E-state index contributed by atoms with van der Waals surface area (Å²) in [5.41, 5.74) is 4.19. The fraction of sp³-hybridized carbons (Fsp3) is 0.500. The fourth-order valence-electron chi connectivity index (χ4n) is 3.96. The number of ether oxygens (including phenoxy) is 1. The number of carbonyl (C=O) groups excluding carboxylic acids is 1. The monoisotopic (exact) mass is 468 g/mol. The van der Waals surface area contributed by atoms with E-state index in [4.69, 9.17) is 17.0 Å². The molecule has 0 bridgehead atoms. The van der Waals surface area contributed by atoms with Gasteiger partial charge in [-0.3, -0.25) is 4.79 Å². The Balaban J connectivity index is 1.54. The van der Waals surface area contributed by atoms with Crippen LogP contribution in [0.3, 0.4) is 0 Å². The summed E-state index contributed by atoms with van der Waals surface area (Å²) in [4.78, 5) is 12.5. The Bertz CT molecular complexity index is 1060. The van der Waals surface area contributed by atoms with E-state index >= 15 is 0 Å². The predicted molar refractivity (Wildman–Crippen MR) is 134 cm³/mol. The van der Waals surface area contributed by atoms with Gasteiger partial charge in [0.1, 0.15) is 16.8 Å². The van der Waals surface area contributed by atoms with E-state index in [1.165, 1.54) is 16.9 Å². The van der Waals surface area contributed by atoms with Crippen molar-refractivity contribution in [1.29, 1.82) is 5.26 Å². The number of carbonyl (C=O) groups is 1. The van der Waals surface area contributed by atoms with Gasteiger partial charge in [0.05, 0.1) is 16.0 Å². The lowest BCUT2D eigenvalue weighted by Crippen LogP contribution is -2.17. The van der Waals surface area contributed by atoms with Crippen molar-refractivity contribution >= 4 is 34.5 Å². The van der Waals surface area contributed by atoms with Crippen molar-refractivity contribution in [3.63, 3.8) is 0 Å². The summed E-state index contributed by atoms with van der Waals surface area (Å²) in [6.07, 6.45) is 4.83. The van der Waals surface area contributed by atoms with Gasteiger partial charge in [-0.15, -0.1) is 11.3 Å². The van der Waals surface area contributed by atoms with Gasteiger partial charge >= 0.3 is 0 Å². The van der Waals surface area contributed by atoms with Crippen LogP contribution in [0.2, 0.25) is 0 Å². The number of fused-ring (bicyclic) bond motifs is 1. The van der Waals surface area contributed by atoms with Crippen molar-refractivity contribution in [3.8, 4) is 11.8 Å². The van der Waals surface area contributed by atoms with Gasteiger partial charge in [0.25, 0.3) is 0 Å². The normalized spacial score (nSPS) is 15.5. The molecule has 1 aromatic heterocycles. The number of amides is 1. The summed E-state index contributed by atoms with van der Waals surface area (Å²) in [7, 11) is 0. The van der Waals surface area contributed by atoms with Crippen molar-refractivity contribution in [2.45, 2.75) is 71.6 Å². The molecule has 0 radical (unpaired) electrons. The smallest absolute Gasteiger partial charge is 0.225 e. The minimum Gasteiger partial charge on any atom is -0.494 e. The molecule has 1 aliphatic rings. The summed E-state index contributed by atoms with van der Waals surface area (Å²) in [5.74, 6) is 1.28. The molecule has 0 saturated heterocycles. The van der Waals surface area contributed by atoms with Crippen molar-refractivity contribution in [3.05, 3.63) is 50.3 Å². The molecule has 0 aliphatic heterocycles. The van der Waals surface area contributed by atoms with Gasteiger partial charge in [-0.25, -0.2) is 0 Å². The highest BCUT2D eigenvalue weighted by atomic mass is 32.1. The Morgan fingerprint density at radius 3 is 2.69 bits per heavy atom. The van der Waals surface area contributed by atoms with Gasteiger partial charge in [0.2, 0.25) is 5.91 Å². The summed E-state index contributed by atoms with van der Waals surface area (Å²) in [5, 5.41) is 13.2. The van der Waals surface area contributed by atoms with Crippen LogP contribution in [-0.4, -0.2) is 12.5 Å². The van der Waals surface area contributed by atoms with Crippen LogP contribution in [0.1, 0.15) is 75.6 Å². The highest BCUT2D eigenvalue weighted by Crippen LogP contribution is 2.36. The van der Waals surface area contributed by atoms with Crippen LogP contribution in [-0.2, 0) is 23.1 Å². The topological polar surface area (TPSA) is 62.1 Å². The number of hydrogen-bond acceptors (Lipinski definition) is 5. The number of hydrogen-bond donors (Lipinski definition) is 1. The molecular weight excluding hydrogens is 436 g/mol. The molecule has 170 valence electrons. The van der Waals surface area contributed by atoms with Gasteiger partial charge in [-0.05, 0) is 72.3 Å². The van der Waals surface area contributed by atoms with E-state index in [9.17, 15) is 10.1 Å². The minimum absolute atomic E-state index is 0.111. The van der Waals surface area contributed by atoms with Crippen molar-refractivity contribution in [2.75, 3.05) is 11.9 Å². The molecule has 32 heavy (non-hydrogen) atoms. The zero-order valence-electron chi connectivity index (χ0n) is 19.4. The number of nitrogens with one attached hydrogen (secondary N) is 1. The predicted octanol–water partition coefficient (Wildman–Crippen LogP) is 6.96. The Morgan fingerprint density at radius 1 is 1.31 bits per heavy atom. The first-order valence-corrected chi connectivity index (χ1v) is 12.6. The van der Waals surface area contributed by atoms with Gasteiger partial charge in [-0.2, -0.15) is 5.26 Å². The fourth-order valence-corrected chi connectivity index (χ4v) is 5.37. The maximum absolute atomic E-state index is 12.5. The van der Waals surface area contributed by atoms with Gasteiger partial charge in [0, 0.05) is 6.42 Å². The zero-order chi connectivity index (χ0) is 23.3. The Labute approximate surface area is 200 Å². The molecule has 0 spiro atoms. The highest BCUT2D eigenvalue weighted by molar-refractivity contribution is 7.73.